The van der Waals surface area contributed by atoms with E-state index in [9.17, 15) is 0 Å². The average Bonchev–Trinajstić information content (AvgIpc) is 3.41. The molecule has 0 radical (unpaired) electrons. The van der Waals surface area contributed by atoms with Crippen LogP contribution in [-0.2, 0) is 0 Å². The van der Waals surface area contributed by atoms with Gasteiger partial charge in [-0.2, -0.15) is 10.2 Å². The number of rotatable bonds is 5. The molecular weight excluding hydrogens is 430 g/mol. The van der Waals surface area contributed by atoms with Crippen LogP contribution in [0.25, 0.3) is 11.2 Å². The molecule has 0 atom stereocenters. The number of ether oxygens (including phenoxy) is 1. The molecule has 170 valence electrons. The lowest BCUT2D eigenvalue weighted by Gasteiger charge is -2.56. The van der Waals surface area contributed by atoms with E-state index in [0.717, 1.165) is 60.2 Å². The number of pyridine rings is 1. The first-order valence-corrected chi connectivity index (χ1v) is 11.3. The zero-order valence-electron chi connectivity index (χ0n) is 18.6. The number of anilines is 3. The summed E-state index contributed by atoms with van der Waals surface area (Å²) in [5.74, 6) is 2.28. The van der Waals surface area contributed by atoms with Gasteiger partial charge in [0.2, 0.25) is 0 Å². The molecule has 0 saturated carbocycles. The molecule has 6 heterocycles. The Hall–Kier alpha value is -4.18. The van der Waals surface area contributed by atoms with E-state index in [2.05, 4.69) is 47.8 Å². The van der Waals surface area contributed by atoms with E-state index in [1.165, 1.54) is 12.0 Å². The van der Waals surface area contributed by atoms with Crippen molar-refractivity contribution in [2.24, 2.45) is 5.41 Å². The SMILES string of the molecule is Cc1cc(Nc2ncnn3ccc(N4CC5(CNC5)C4)c23)ccc1Oc1ccn2ncnc2c1. The molecule has 7 rings (SSSR count). The van der Waals surface area contributed by atoms with E-state index in [-0.39, 0.29) is 0 Å². The van der Waals surface area contributed by atoms with Crippen LogP contribution in [0.3, 0.4) is 0 Å². The highest BCUT2D eigenvalue weighted by Gasteiger charge is 2.48. The van der Waals surface area contributed by atoms with Crippen LogP contribution in [0.1, 0.15) is 5.56 Å². The molecule has 2 saturated heterocycles. The van der Waals surface area contributed by atoms with Gasteiger partial charge in [0.1, 0.15) is 29.7 Å². The molecular formula is C24H23N9O. The van der Waals surface area contributed by atoms with Crippen LogP contribution < -0.4 is 20.3 Å². The number of aryl methyl sites for hydroxylation is 1. The molecule has 2 aliphatic heterocycles. The van der Waals surface area contributed by atoms with Crippen LogP contribution in [0.4, 0.5) is 17.2 Å². The van der Waals surface area contributed by atoms with Crippen molar-refractivity contribution in [3.63, 3.8) is 0 Å². The molecule has 2 N–H and O–H groups in total. The van der Waals surface area contributed by atoms with Gasteiger partial charge in [-0.25, -0.2) is 19.0 Å². The summed E-state index contributed by atoms with van der Waals surface area (Å²) in [6.07, 6.45) is 6.93. The summed E-state index contributed by atoms with van der Waals surface area (Å²) in [7, 11) is 0. The quantitative estimate of drug-likeness (QED) is 0.419. The maximum atomic E-state index is 6.11. The van der Waals surface area contributed by atoms with E-state index < -0.39 is 0 Å². The fourth-order valence-electron chi connectivity index (χ4n) is 4.89. The van der Waals surface area contributed by atoms with Gasteiger partial charge >= 0.3 is 0 Å². The normalized spacial score (nSPS) is 16.6. The van der Waals surface area contributed by atoms with Gasteiger partial charge < -0.3 is 20.3 Å². The standard InChI is InChI=1S/C24H23N9O/c1-16-8-17(2-3-20(16)34-18-4-6-32-21(9-18)26-14-28-32)30-23-22-19(5-7-33(22)29-15-27-23)31-12-24(13-31)10-25-11-24/h2-9,14-15,25H,10-13H2,1H3,(H,27,29,30). The van der Waals surface area contributed by atoms with Gasteiger partial charge in [-0.1, -0.05) is 0 Å². The van der Waals surface area contributed by atoms with Crippen LogP contribution in [-0.4, -0.2) is 55.4 Å². The fraction of sp³-hybridized carbons (Fsp3) is 0.250. The second kappa shape index (κ2) is 7.16. The van der Waals surface area contributed by atoms with Crippen molar-refractivity contribution in [3.8, 4) is 11.5 Å². The molecule has 0 unspecified atom stereocenters. The van der Waals surface area contributed by atoms with Crippen molar-refractivity contribution >= 4 is 28.4 Å². The van der Waals surface area contributed by atoms with Crippen molar-refractivity contribution in [1.82, 2.24) is 34.5 Å². The molecule has 0 bridgehead atoms. The number of fused-ring (bicyclic) bond motifs is 2. The number of nitrogens with zero attached hydrogens (tertiary/aromatic N) is 7. The van der Waals surface area contributed by atoms with Crippen molar-refractivity contribution < 1.29 is 4.74 Å². The first-order chi connectivity index (χ1) is 16.7. The molecule has 0 amide bonds. The van der Waals surface area contributed by atoms with Crippen LogP contribution in [0.15, 0.2) is 61.4 Å². The van der Waals surface area contributed by atoms with Crippen LogP contribution in [0, 0.1) is 12.3 Å². The largest absolute Gasteiger partial charge is 0.457 e. The Morgan fingerprint density at radius 3 is 2.62 bits per heavy atom. The molecule has 1 aromatic carbocycles. The first-order valence-electron chi connectivity index (χ1n) is 11.3. The molecule has 34 heavy (non-hydrogen) atoms. The van der Waals surface area contributed by atoms with Gasteiger partial charge in [0.05, 0.1) is 5.69 Å². The second-order valence-electron chi connectivity index (χ2n) is 9.20. The minimum absolute atomic E-state index is 0.447. The summed E-state index contributed by atoms with van der Waals surface area (Å²) in [6.45, 7) is 6.38. The fourth-order valence-corrected chi connectivity index (χ4v) is 4.89. The third-order valence-electron chi connectivity index (χ3n) is 6.74. The van der Waals surface area contributed by atoms with Crippen molar-refractivity contribution in [1.29, 1.82) is 0 Å². The molecule has 10 nitrogen and oxygen atoms in total. The molecule has 4 aromatic heterocycles. The summed E-state index contributed by atoms with van der Waals surface area (Å²) >= 11 is 0. The molecule has 1 spiro atoms. The number of hydrogen-bond acceptors (Lipinski definition) is 8. The minimum atomic E-state index is 0.447. The molecule has 0 aliphatic carbocycles. The minimum Gasteiger partial charge on any atom is -0.457 e. The zero-order valence-corrected chi connectivity index (χ0v) is 18.6. The van der Waals surface area contributed by atoms with Gasteiger partial charge in [0.25, 0.3) is 0 Å². The number of benzene rings is 1. The predicted molar refractivity (Wildman–Crippen MR) is 128 cm³/mol. The first kappa shape index (κ1) is 19.3. The van der Waals surface area contributed by atoms with Crippen LogP contribution >= 0.6 is 0 Å². The molecule has 2 aliphatic rings. The highest BCUT2D eigenvalue weighted by molar-refractivity contribution is 5.87. The third kappa shape index (κ3) is 3.06. The number of hydrogen-bond donors (Lipinski definition) is 2. The molecule has 5 aromatic rings. The lowest BCUT2D eigenvalue weighted by Crippen LogP contribution is -2.71. The Morgan fingerprint density at radius 1 is 0.971 bits per heavy atom. The van der Waals surface area contributed by atoms with E-state index in [1.807, 2.05) is 48.1 Å². The van der Waals surface area contributed by atoms with E-state index in [4.69, 9.17) is 4.74 Å². The highest BCUT2D eigenvalue weighted by atomic mass is 16.5. The van der Waals surface area contributed by atoms with Crippen LogP contribution in [0.2, 0.25) is 0 Å². The highest BCUT2D eigenvalue weighted by Crippen LogP contribution is 2.41. The van der Waals surface area contributed by atoms with Crippen LogP contribution in [0.5, 0.6) is 11.5 Å². The van der Waals surface area contributed by atoms with E-state index >= 15 is 0 Å². The third-order valence-corrected chi connectivity index (χ3v) is 6.74. The summed E-state index contributed by atoms with van der Waals surface area (Å²) in [5, 5.41) is 15.4. The number of aromatic nitrogens is 6. The second-order valence-corrected chi connectivity index (χ2v) is 9.20. The van der Waals surface area contributed by atoms with Gasteiger partial charge in [-0.3, -0.25) is 0 Å². The Bertz CT molecular complexity index is 1530. The van der Waals surface area contributed by atoms with Gasteiger partial charge in [0.15, 0.2) is 11.5 Å². The lowest BCUT2D eigenvalue weighted by molar-refractivity contribution is 0.121. The number of nitrogens with one attached hydrogen (secondary N) is 2. The Morgan fingerprint density at radius 2 is 1.79 bits per heavy atom. The monoisotopic (exact) mass is 453 g/mol. The average molecular weight is 454 g/mol. The molecule has 2 fully saturated rings. The Labute approximate surface area is 195 Å². The van der Waals surface area contributed by atoms with E-state index in [0.29, 0.717) is 11.2 Å². The zero-order chi connectivity index (χ0) is 22.7. The summed E-state index contributed by atoms with van der Waals surface area (Å²) in [4.78, 5) is 11.2. The topological polar surface area (TPSA) is 96.9 Å². The summed E-state index contributed by atoms with van der Waals surface area (Å²) < 4.78 is 9.70. The summed E-state index contributed by atoms with van der Waals surface area (Å²) in [6, 6.07) is 11.9. The smallest absolute Gasteiger partial charge is 0.160 e. The summed E-state index contributed by atoms with van der Waals surface area (Å²) in [5.41, 5.74) is 5.29. The van der Waals surface area contributed by atoms with Crippen molar-refractivity contribution in [2.75, 3.05) is 36.4 Å². The van der Waals surface area contributed by atoms with Gasteiger partial charge in [-0.15, -0.1) is 0 Å². The van der Waals surface area contributed by atoms with Gasteiger partial charge in [0, 0.05) is 55.7 Å². The maximum absolute atomic E-state index is 6.11. The van der Waals surface area contributed by atoms with Crippen molar-refractivity contribution in [3.05, 3.63) is 67.0 Å². The van der Waals surface area contributed by atoms with E-state index in [1.54, 1.807) is 10.8 Å². The Kier molecular flexibility index (Phi) is 4.06. The van der Waals surface area contributed by atoms with Crippen molar-refractivity contribution in [2.45, 2.75) is 6.92 Å². The van der Waals surface area contributed by atoms with Gasteiger partial charge in [-0.05, 0) is 42.8 Å². The Balaban J connectivity index is 1.14. The maximum Gasteiger partial charge on any atom is 0.160 e. The lowest BCUT2D eigenvalue weighted by atomic mass is 9.74. The molecule has 10 heteroatoms. The predicted octanol–water partition coefficient (Wildman–Crippen LogP) is 3.03.